The average Bonchev–Trinajstić information content (AvgIpc) is 3.25. The maximum Gasteiger partial charge on any atom is 0.274 e. The highest BCUT2D eigenvalue weighted by Crippen LogP contribution is 2.15. The maximum atomic E-state index is 12.6. The lowest BCUT2D eigenvalue weighted by Crippen LogP contribution is -2.49. The lowest BCUT2D eigenvalue weighted by atomic mass is 10.2. The molecule has 4 heterocycles. The Balaban J connectivity index is 1.40. The minimum Gasteiger partial charge on any atom is -0.352 e. The van der Waals surface area contributed by atoms with Crippen molar-refractivity contribution < 1.29 is 4.79 Å². The van der Waals surface area contributed by atoms with Crippen molar-refractivity contribution in [1.29, 1.82) is 0 Å². The molecule has 0 N–H and O–H groups in total. The second-order valence-electron chi connectivity index (χ2n) is 6.16. The summed E-state index contributed by atoms with van der Waals surface area (Å²) in [6.07, 6.45) is 3.49. The van der Waals surface area contributed by atoms with Crippen LogP contribution in [0.3, 0.4) is 0 Å². The molecule has 0 unspecified atom stereocenters. The largest absolute Gasteiger partial charge is 0.352 e. The Kier molecular flexibility index (Phi) is 4.37. The monoisotopic (exact) mass is 366 g/mol. The number of aryl methyl sites for hydroxylation is 1. The van der Waals surface area contributed by atoms with Gasteiger partial charge in [0.05, 0.1) is 0 Å². The molecule has 0 radical (unpaired) electrons. The minimum absolute atomic E-state index is 0.176. The van der Waals surface area contributed by atoms with Gasteiger partial charge in [-0.15, -0.1) is 10.2 Å². The van der Waals surface area contributed by atoms with Gasteiger partial charge in [0.2, 0.25) is 0 Å². The van der Waals surface area contributed by atoms with Crippen LogP contribution >= 0.6 is 0 Å². The standard InChI is InChI=1S/C17H18N8O2/c1-22-16(26)6-3-13(21-22)17(27)24-11-9-23(10-12-24)14-4-5-15(20-19-14)25-8-2-7-18-25/h2-8H,9-12H2,1H3. The van der Waals surface area contributed by atoms with E-state index < -0.39 is 0 Å². The van der Waals surface area contributed by atoms with E-state index in [0.717, 1.165) is 5.82 Å². The van der Waals surface area contributed by atoms with Crippen LogP contribution in [-0.4, -0.2) is 66.7 Å². The van der Waals surface area contributed by atoms with Crippen molar-refractivity contribution in [1.82, 2.24) is 34.7 Å². The van der Waals surface area contributed by atoms with Gasteiger partial charge in [-0.2, -0.15) is 10.2 Å². The molecular formula is C17H18N8O2. The van der Waals surface area contributed by atoms with Crippen molar-refractivity contribution in [2.75, 3.05) is 31.1 Å². The Morgan fingerprint density at radius 2 is 1.74 bits per heavy atom. The van der Waals surface area contributed by atoms with Crippen LogP contribution < -0.4 is 10.5 Å². The Hall–Kier alpha value is -3.56. The third-order valence-electron chi connectivity index (χ3n) is 4.45. The molecule has 3 aromatic heterocycles. The van der Waals surface area contributed by atoms with Gasteiger partial charge in [0.1, 0.15) is 5.69 Å². The summed E-state index contributed by atoms with van der Waals surface area (Å²) in [6, 6.07) is 8.41. The fourth-order valence-electron chi connectivity index (χ4n) is 2.93. The second kappa shape index (κ2) is 6.98. The van der Waals surface area contributed by atoms with E-state index in [-0.39, 0.29) is 17.2 Å². The van der Waals surface area contributed by atoms with Gasteiger partial charge >= 0.3 is 0 Å². The van der Waals surface area contributed by atoms with Crippen LogP contribution in [0.15, 0.2) is 47.5 Å². The number of carbonyl (C=O) groups is 1. The third kappa shape index (κ3) is 3.41. The van der Waals surface area contributed by atoms with Crippen molar-refractivity contribution in [2.45, 2.75) is 0 Å². The highest BCUT2D eigenvalue weighted by atomic mass is 16.2. The molecule has 0 atom stereocenters. The molecule has 1 aliphatic rings. The number of anilines is 1. The van der Waals surface area contributed by atoms with E-state index in [1.807, 2.05) is 24.4 Å². The molecule has 0 spiro atoms. The summed E-state index contributed by atoms with van der Waals surface area (Å²) in [4.78, 5) is 27.8. The summed E-state index contributed by atoms with van der Waals surface area (Å²) in [5.41, 5.74) is 0.0300. The predicted octanol–water partition coefficient (Wildman–Crippen LogP) is -0.282. The number of hydrogen-bond acceptors (Lipinski definition) is 7. The summed E-state index contributed by atoms with van der Waals surface area (Å²) >= 11 is 0. The molecule has 0 aromatic carbocycles. The first kappa shape index (κ1) is 16.9. The average molecular weight is 366 g/mol. The van der Waals surface area contributed by atoms with Crippen molar-refractivity contribution >= 4 is 11.7 Å². The van der Waals surface area contributed by atoms with Gasteiger partial charge < -0.3 is 9.80 Å². The molecule has 4 rings (SSSR count). The SMILES string of the molecule is Cn1nc(C(=O)N2CCN(c3ccc(-n4cccn4)nn3)CC2)ccc1=O. The van der Waals surface area contributed by atoms with Gasteiger partial charge in [0, 0.05) is 51.7 Å². The number of amides is 1. The summed E-state index contributed by atoms with van der Waals surface area (Å²) in [6.45, 7) is 2.39. The van der Waals surface area contributed by atoms with E-state index in [2.05, 4.69) is 25.3 Å². The molecule has 0 aliphatic carbocycles. The molecule has 10 nitrogen and oxygen atoms in total. The van der Waals surface area contributed by atoms with E-state index in [9.17, 15) is 9.59 Å². The number of piperazine rings is 1. The second-order valence-corrected chi connectivity index (χ2v) is 6.16. The highest BCUT2D eigenvalue weighted by Gasteiger charge is 2.24. The van der Waals surface area contributed by atoms with Gasteiger partial charge in [-0.05, 0) is 24.3 Å². The molecule has 27 heavy (non-hydrogen) atoms. The molecular weight excluding hydrogens is 348 g/mol. The molecule has 1 fully saturated rings. The summed E-state index contributed by atoms with van der Waals surface area (Å²) in [5, 5.41) is 16.6. The van der Waals surface area contributed by atoms with Crippen molar-refractivity contribution in [3.05, 3.63) is 58.8 Å². The number of nitrogens with zero attached hydrogens (tertiary/aromatic N) is 8. The highest BCUT2D eigenvalue weighted by molar-refractivity contribution is 5.92. The zero-order valence-corrected chi connectivity index (χ0v) is 14.8. The van der Waals surface area contributed by atoms with Crippen LogP contribution in [0, 0.1) is 0 Å². The quantitative estimate of drug-likeness (QED) is 0.628. The number of carbonyl (C=O) groups excluding carboxylic acids is 1. The number of hydrogen-bond donors (Lipinski definition) is 0. The normalized spacial score (nSPS) is 14.4. The van der Waals surface area contributed by atoms with Crippen LogP contribution in [-0.2, 0) is 7.05 Å². The first-order valence-electron chi connectivity index (χ1n) is 8.54. The fourth-order valence-corrected chi connectivity index (χ4v) is 2.93. The van der Waals surface area contributed by atoms with Crippen molar-refractivity contribution in [2.24, 2.45) is 7.05 Å². The summed E-state index contributed by atoms with van der Waals surface area (Å²) in [5.74, 6) is 1.24. The van der Waals surface area contributed by atoms with Gasteiger partial charge in [-0.25, -0.2) is 9.36 Å². The number of rotatable bonds is 3. The number of aromatic nitrogens is 6. The van der Waals surface area contributed by atoms with Crippen LogP contribution in [0.25, 0.3) is 5.82 Å². The van der Waals surface area contributed by atoms with Crippen LogP contribution in [0.1, 0.15) is 10.5 Å². The van der Waals surface area contributed by atoms with E-state index in [0.29, 0.717) is 32.0 Å². The first-order chi connectivity index (χ1) is 13.1. The summed E-state index contributed by atoms with van der Waals surface area (Å²) in [7, 11) is 1.53. The maximum absolute atomic E-state index is 12.6. The topological polar surface area (TPSA) is 102 Å². The molecule has 3 aromatic rings. The van der Waals surface area contributed by atoms with Crippen LogP contribution in [0.2, 0.25) is 0 Å². The molecule has 0 saturated carbocycles. The van der Waals surface area contributed by atoms with E-state index >= 15 is 0 Å². The zero-order valence-electron chi connectivity index (χ0n) is 14.8. The van der Waals surface area contributed by atoms with Gasteiger partial charge in [-0.3, -0.25) is 9.59 Å². The van der Waals surface area contributed by atoms with Crippen LogP contribution in [0.5, 0.6) is 0 Å². The van der Waals surface area contributed by atoms with Crippen LogP contribution in [0.4, 0.5) is 5.82 Å². The molecule has 1 aliphatic heterocycles. The fraction of sp³-hybridized carbons (Fsp3) is 0.294. The Bertz CT molecular complexity index is 989. The van der Waals surface area contributed by atoms with E-state index in [1.54, 1.807) is 15.8 Å². The van der Waals surface area contributed by atoms with Gasteiger partial charge in [0.15, 0.2) is 11.6 Å². The Morgan fingerprint density at radius 1 is 1.00 bits per heavy atom. The van der Waals surface area contributed by atoms with Crippen molar-refractivity contribution in [3.8, 4) is 5.82 Å². The first-order valence-corrected chi connectivity index (χ1v) is 8.54. The third-order valence-corrected chi connectivity index (χ3v) is 4.45. The van der Waals surface area contributed by atoms with E-state index in [4.69, 9.17) is 0 Å². The lowest BCUT2D eigenvalue weighted by Gasteiger charge is -2.35. The molecule has 1 saturated heterocycles. The van der Waals surface area contributed by atoms with Gasteiger partial charge in [0.25, 0.3) is 11.5 Å². The predicted molar refractivity (Wildman–Crippen MR) is 96.7 cm³/mol. The van der Waals surface area contributed by atoms with E-state index in [1.165, 1.54) is 23.9 Å². The van der Waals surface area contributed by atoms with Crippen molar-refractivity contribution in [3.63, 3.8) is 0 Å². The Morgan fingerprint density at radius 3 is 2.37 bits per heavy atom. The lowest BCUT2D eigenvalue weighted by molar-refractivity contribution is 0.0738. The minimum atomic E-state index is -0.242. The molecule has 10 heteroatoms. The Labute approximate surface area is 154 Å². The zero-order chi connectivity index (χ0) is 18.8. The molecule has 0 bridgehead atoms. The summed E-state index contributed by atoms with van der Waals surface area (Å²) < 4.78 is 2.81. The van der Waals surface area contributed by atoms with Gasteiger partial charge in [-0.1, -0.05) is 0 Å². The molecule has 1 amide bonds. The molecule has 138 valence electrons. The smallest absolute Gasteiger partial charge is 0.274 e.